The summed E-state index contributed by atoms with van der Waals surface area (Å²) in [6.45, 7) is 0.647. The highest BCUT2D eigenvalue weighted by atomic mass is 16.4. The Labute approximate surface area is 146 Å². The molecule has 0 aliphatic heterocycles. The predicted molar refractivity (Wildman–Crippen MR) is 100 cm³/mol. The van der Waals surface area contributed by atoms with Gasteiger partial charge in [0.1, 0.15) is 0 Å². The van der Waals surface area contributed by atoms with E-state index in [4.69, 9.17) is 5.11 Å². The lowest BCUT2D eigenvalue weighted by molar-refractivity contribution is 0.0697. The molecule has 0 bridgehead atoms. The third-order valence-electron chi connectivity index (χ3n) is 3.73. The van der Waals surface area contributed by atoms with Crippen LogP contribution in [0, 0.1) is 0 Å². The molecule has 0 atom stereocenters. The van der Waals surface area contributed by atoms with Gasteiger partial charge in [-0.3, -0.25) is 5.01 Å². The van der Waals surface area contributed by atoms with Crippen LogP contribution in [0.5, 0.6) is 0 Å². The number of carboxylic acid groups (broad SMARTS) is 1. The molecule has 3 aromatic rings. The molecule has 0 spiro atoms. The quantitative estimate of drug-likeness (QED) is 0.537. The van der Waals surface area contributed by atoms with E-state index >= 15 is 0 Å². The number of hydrazone groups is 1. The predicted octanol–water partition coefficient (Wildman–Crippen LogP) is 4.43. The molecule has 0 unspecified atom stereocenters. The Hall–Kier alpha value is -3.40. The number of anilines is 1. The molecule has 0 amide bonds. The van der Waals surface area contributed by atoms with Gasteiger partial charge in [-0.25, -0.2) is 4.79 Å². The monoisotopic (exact) mass is 330 g/mol. The van der Waals surface area contributed by atoms with Crippen LogP contribution in [0.2, 0.25) is 0 Å². The topological polar surface area (TPSA) is 52.9 Å². The van der Waals surface area contributed by atoms with E-state index < -0.39 is 5.97 Å². The van der Waals surface area contributed by atoms with Gasteiger partial charge in [-0.1, -0.05) is 60.7 Å². The smallest absolute Gasteiger partial charge is 0.335 e. The molecule has 3 aromatic carbocycles. The number of carbonyl (C=O) groups is 1. The maximum absolute atomic E-state index is 10.9. The summed E-state index contributed by atoms with van der Waals surface area (Å²) in [5.74, 6) is -0.932. The Morgan fingerprint density at radius 2 is 1.48 bits per heavy atom. The van der Waals surface area contributed by atoms with Gasteiger partial charge >= 0.3 is 5.97 Å². The Bertz CT molecular complexity index is 844. The Morgan fingerprint density at radius 3 is 2.08 bits per heavy atom. The van der Waals surface area contributed by atoms with Gasteiger partial charge in [0.15, 0.2) is 0 Å². The van der Waals surface area contributed by atoms with Crippen LogP contribution in [-0.2, 0) is 6.54 Å². The fraction of sp³-hybridized carbons (Fsp3) is 0.0476. The van der Waals surface area contributed by atoms with Crippen molar-refractivity contribution in [2.45, 2.75) is 6.54 Å². The largest absolute Gasteiger partial charge is 0.478 e. The second-order valence-corrected chi connectivity index (χ2v) is 5.55. The average molecular weight is 330 g/mol. The summed E-state index contributed by atoms with van der Waals surface area (Å²) < 4.78 is 0. The van der Waals surface area contributed by atoms with Gasteiger partial charge in [-0.05, 0) is 35.4 Å². The van der Waals surface area contributed by atoms with E-state index in [0.29, 0.717) is 6.54 Å². The molecule has 0 saturated heterocycles. The van der Waals surface area contributed by atoms with Gasteiger partial charge in [0.2, 0.25) is 0 Å². The van der Waals surface area contributed by atoms with Gasteiger partial charge in [-0.2, -0.15) is 5.10 Å². The van der Waals surface area contributed by atoms with Crippen molar-refractivity contribution < 1.29 is 9.90 Å². The standard InChI is InChI=1S/C21H18N2O2/c24-21(25)19-13-11-17(12-14-19)15-22-23(20-9-5-2-6-10-20)16-18-7-3-1-4-8-18/h1-15H,16H2,(H,24,25)/b22-15+. The zero-order valence-electron chi connectivity index (χ0n) is 13.6. The van der Waals surface area contributed by atoms with Crippen molar-refractivity contribution in [3.05, 3.63) is 102 Å². The van der Waals surface area contributed by atoms with Crippen LogP contribution < -0.4 is 5.01 Å². The van der Waals surface area contributed by atoms with Crippen LogP contribution in [0.15, 0.2) is 90.0 Å². The van der Waals surface area contributed by atoms with E-state index in [1.165, 1.54) is 0 Å². The lowest BCUT2D eigenvalue weighted by Crippen LogP contribution is -2.16. The second-order valence-electron chi connectivity index (χ2n) is 5.55. The number of benzene rings is 3. The summed E-state index contributed by atoms with van der Waals surface area (Å²) >= 11 is 0. The summed E-state index contributed by atoms with van der Waals surface area (Å²) in [5, 5.41) is 15.5. The van der Waals surface area contributed by atoms with E-state index in [1.807, 2.05) is 53.5 Å². The first kappa shape index (κ1) is 16.5. The number of nitrogens with zero attached hydrogens (tertiary/aromatic N) is 2. The zero-order valence-corrected chi connectivity index (χ0v) is 13.6. The van der Waals surface area contributed by atoms with E-state index in [1.54, 1.807) is 30.5 Å². The minimum atomic E-state index is -0.932. The van der Waals surface area contributed by atoms with Crippen LogP contribution in [0.4, 0.5) is 5.69 Å². The average Bonchev–Trinajstić information content (AvgIpc) is 2.67. The Balaban J connectivity index is 1.83. The molecule has 0 heterocycles. The van der Waals surface area contributed by atoms with Crippen molar-refractivity contribution in [2.75, 3.05) is 5.01 Å². The van der Waals surface area contributed by atoms with Gasteiger partial charge in [0.25, 0.3) is 0 Å². The molecule has 0 aromatic heterocycles. The van der Waals surface area contributed by atoms with E-state index in [0.717, 1.165) is 16.8 Å². The van der Waals surface area contributed by atoms with E-state index in [2.05, 4.69) is 17.2 Å². The van der Waals surface area contributed by atoms with Crippen LogP contribution in [0.3, 0.4) is 0 Å². The van der Waals surface area contributed by atoms with Crippen LogP contribution in [-0.4, -0.2) is 17.3 Å². The molecule has 25 heavy (non-hydrogen) atoms. The highest BCUT2D eigenvalue weighted by Gasteiger charge is 2.05. The van der Waals surface area contributed by atoms with Gasteiger partial charge in [0.05, 0.1) is 24.0 Å². The normalized spacial score (nSPS) is 10.7. The summed E-state index contributed by atoms with van der Waals surface area (Å²) in [7, 11) is 0. The number of hydrogen-bond acceptors (Lipinski definition) is 3. The van der Waals surface area contributed by atoms with Gasteiger partial charge in [-0.15, -0.1) is 0 Å². The second kappa shape index (κ2) is 7.93. The highest BCUT2D eigenvalue weighted by Crippen LogP contribution is 2.17. The first-order valence-electron chi connectivity index (χ1n) is 7.96. The first-order valence-corrected chi connectivity index (χ1v) is 7.96. The maximum Gasteiger partial charge on any atom is 0.335 e. The summed E-state index contributed by atoms with van der Waals surface area (Å²) in [5.41, 5.74) is 3.26. The van der Waals surface area contributed by atoms with Crippen molar-refractivity contribution in [3.63, 3.8) is 0 Å². The molecule has 0 saturated carbocycles. The SMILES string of the molecule is O=C(O)c1ccc(/C=N/N(Cc2ccccc2)c2ccccc2)cc1. The fourth-order valence-corrected chi connectivity index (χ4v) is 2.40. The van der Waals surface area contributed by atoms with Crippen molar-refractivity contribution in [3.8, 4) is 0 Å². The van der Waals surface area contributed by atoms with Crippen molar-refractivity contribution in [2.24, 2.45) is 5.10 Å². The molecule has 4 nitrogen and oxygen atoms in total. The molecule has 0 aliphatic rings. The van der Waals surface area contributed by atoms with E-state index in [9.17, 15) is 4.79 Å². The summed E-state index contributed by atoms with van der Waals surface area (Å²) in [4.78, 5) is 10.9. The zero-order chi connectivity index (χ0) is 17.5. The van der Waals surface area contributed by atoms with Gasteiger partial charge < -0.3 is 5.11 Å². The number of rotatable bonds is 6. The third-order valence-corrected chi connectivity index (χ3v) is 3.73. The fourth-order valence-electron chi connectivity index (χ4n) is 2.40. The first-order chi connectivity index (χ1) is 12.2. The van der Waals surface area contributed by atoms with Crippen molar-refractivity contribution >= 4 is 17.9 Å². The lowest BCUT2D eigenvalue weighted by Gasteiger charge is -2.19. The van der Waals surface area contributed by atoms with Crippen LogP contribution in [0.25, 0.3) is 0 Å². The lowest BCUT2D eigenvalue weighted by atomic mass is 10.1. The van der Waals surface area contributed by atoms with Crippen molar-refractivity contribution in [1.82, 2.24) is 0 Å². The summed E-state index contributed by atoms with van der Waals surface area (Å²) in [6.07, 6.45) is 1.74. The Kier molecular flexibility index (Phi) is 5.22. The molecule has 0 aliphatic carbocycles. The molecule has 1 N–H and O–H groups in total. The highest BCUT2D eigenvalue weighted by molar-refractivity contribution is 5.89. The van der Waals surface area contributed by atoms with E-state index in [-0.39, 0.29) is 5.56 Å². The van der Waals surface area contributed by atoms with Gasteiger partial charge in [0, 0.05) is 0 Å². The number of aromatic carboxylic acids is 1. The molecule has 4 heteroatoms. The van der Waals surface area contributed by atoms with Crippen molar-refractivity contribution in [1.29, 1.82) is 0 Å². The molecular weight excluding hydrogens is 312 g/mol. The Morgan fingerprint density at radius 1 is 0.880 bits per heavy atom. The summed E-state index contributed by atoms with van der Waals surface area (Å²) in [6, 6.07) is 26.7. The minimum absolute atomic E-state index is 0.265. The number of para-hydroxylation sites is 1. The number of carboxylic acids is 1. The third kappa shape index (κ3) is 4.54. The van der Waals surface area contributed by atoms with Crippen LogP contribution >= 0.6 is 0 Å². The number of hydrogen-bond donors (Lipinski definition) is 1. The molecule has 0 radical (unpaired) electrons. The minimum Gasteiger partial charge on any atom is -0.478 e. The maximum atomic E-state index is 10.9. The molecular formula is C21H18N2O2. The van der Waals surface area contributed by atoms with Crippen LogP contribution in [0.1, 0.15) is 21.5 Å². The molecule has 124 valence electrons. The molecule has 0 fully saturated rings. The molecule has 3 rings (SSSR count).